The van der Waals surface area contributed by atoms with E-state index >= 15 is 0 Å². The molecule has 0 bridgehead atoms. The Labute approximate surface area is 108 Å². The van der Waals surface area contributed by atoms with Gasteiger partial charge in [0.25, 0.3) is 0 Å². The van der Waals surface area contributed by atoms with Crippen molar-refractivity contribution >= 4 is 11.8 Å². The Kier molecular flexibility index (Phi) is 6.07. The largest absolute Gasteiger partial charge is 0.377 e. The minimum atomic E-state index is -0.490. The molecule has 0 aromatic rings. The molecular weight excluding hydrogens is 234 g/mol. The zero-order valence-corrected chi connectivity index (χ0v) is 11.4. The molecule has 1 unspecified atom stereocenters. The fourth-order valence-corrected chi connectivity index (χ4v) is 1.90. The van der Waals surface area contributed by atoms with Gasteiger partial charge in [-0.2, -0.15) is 0 Å². The predicted molar refractivity (Wildman–Crippen MR) is 68.1 cm³/mol. The summed E-state index contributed by atoms with van der Waals surface area (Å²) in [4.78, 5) is 25.3. The van der Waals surface area contributed by atoms with Crippen molar-refractivity contribution < 1.29 is 14.3 Å². The summed E-state index contributed by atoms with van der Waals surface area (Å²) in [5.41, 5.74) is 0. The lowest BCUT2D eigenvalue weighted by atomic mass is 10.2. The van der Waals surface area contributed by atoms with Crippen LogP contribution in [-0.4, -0.2) is 62.1 Å². The highest BCUT2D eigenvalue weighted by atomic mass is 16.5. The molecule has 1 fully saturated rings. The fraction of sp³-hybridized carbons (Fsp3) is 0.833. The monoisotopic (exact) mass is 257 g/mol. The first kappa shape index (κ1) is 14.9. The Morgan fingerprint density at radius 2 is 2.17 bits per heavy atom. The van der Waals surface area contributed by atoms with Crippen LogP contribution in [0.3, 0.4) is 0 Å². The van der Waals surface area contributed by atoms with Crippen LogP contribution in [0.2, 0.25) is 0 Å². The Morgan fingerprint density at radius 3 is 2.78 bits per heavy atom. The average Bonchev–Trinajstić information content (AvgIpc) is 2.37. The molecule has 0 radical (unpaired) electrons. The minimum Gasteiger partial charge on any atom is -0.377 e. The third-order valence-corrected chi connectivity index (χ3v) is 2.89. The number of ether oxygens (including phenoxy) is 1. The van der Waals surface area contributed by atoms with Crippen LogP contribution in [-0.2, 0) is 14.3 Å². The molecule has 2 N–H and O–H groups in total. The Balaban J connectivity index is 2.49. The minimum absolute atomic E-state index is 0.0000463. The lowest BCUT2D eigenvalue weighted by Gasteiger charge is -2.34. The number of hydrogen-bond acceptors (Lipinski definition) is 4. The quantitative estimate of drug-likeness (QED) is 0.686. The summed E-state index contributed by atoms with van der Waals surface area (Å²) in [6, 6.07) is -0.132. The van der Waals surface area contributed by atoms with Crippen molar-refractivity contribution in [3.8, 4) is 0 Å². The van der Waals surface area contributed by atoms with Gasteiger partial charge in [-0.25, -0.2) is 0 Å². The first-order valence-corrected chi connectivity index (χ1v) is 6.38. The number of rotatable bonds is 5. The van der Waals surface area contributed by atoms with E-state index in [2.05, 4.69) is 10.6 Å². The summed E-state index contributed by atoms with van der Waals surface area (Å²) < 4.78 is 5.26. The molecule has 0 aliphatic carbocycles. The Morgan fingerprint density at radius 1 is 1.44 bits per heavy atom. The summed E-state index contributed by atoms with van der Waals surface area (Å²) in [5, 5.41) is 5.76. The van der Waals surface area contributed by atoms with Crippen LogP contribution < -0.4 is 10.6 Å². The van der Waals surface area contributed by atoms with Crippen molar-refractivity contribution in [2.45, 2.75) is 32.4 Å². The van der Waals surface area contributed by atoms with Crippen molar-refractivity contribution in [2.75, 3.05) is 33.4 Å². The van der Waals surface area contributed by atoms with Crippen LogP contribution in [0.4, 0.5) is 0 Å². The van der Waals surface area contributed by atoms with Gasteiger partial charge < -0.3 is 20.3 Å². The van der Waals surface area contributed by atoms with Gasteiger partial charge in [0.1, 0.15) is 6.04 Å². The van der Waals surface area contributed by atoms with E-state index in [9.17, 15) is 9.59 Å². The molecule has 1 heterocycles. The summed E-state index contributed by atoms with van der Waals surface area (Å²) in [6.45, 7) is 5.96. The van der Waals surface area contributed by atoms with Crippen LogP contribution in [0, 0.1) is 0 Å². The second-order valence-corrected chi connectivity index (χ2v) is 4.65. The Bertz CT molecular complexity index is 294. The molecule has 1 saturated heterocycles. The molecule has 18 heavy (non-hydrogen) atoms. The van der Waals surface area contributed by atoms with E-state index in [4.69, 9.17) is 4.74 Å². The van der Waals surface area contributed by atoms with Crippen LogP contribution in [0.25, 0.3) is 0 Å². The molecule has 1 aliphatic rings. The van der Waals surface area contributed by atoms with Crippen molar-refractivity contribution in [1.82, 2.24) is 15.5 Å². The lowest BCUT2D eigenvalue weighted by Crippen LogP contribution is -2.55. The van der Waals surface area contributed by atoms with Gasteiger partial charge >= 0.3 is 0 Å². The van der Waals surface area contributed by atoms with Crippen molar-refractivity contribution in [3.05, 3.63) is 0 Å². The predicted octanol–water partition coefficient (Wildman–Crippen LogP) is -0.652. The van der Waals surface area contributed by atoms with Crippen molar-refractivity contribution in [2.24, 2.45) is 0 Å². The topological polar surface area (TPSA) is 70.7 Å². The highest BCUT2D eigenvalue weighted by molar-refractivity contribution is 5.87. The van der Waals surface area contributed by atoms with Crippen LogP contribution in [0.1, 0.15) is 20.3 Å². The number of nitrogens with zero attached hydrogens (tertiary/aromatic N) is 1. The van der Waals surface area contributed by atoms with Gasteiger partial charge in [-0.15, -0.1) is 0 Å². The van der Waals surface area contributed by atoms with Crippen LogP contribution in [0.15, 0.2) is 0 Å². The zero-order valence-electron chi connectivity index (χ0n) is 11.4. The molecule has 1 rings (SSSR count). The number of carbonyl (C=O) groups is 2. The second-order valence-electron chi connectivity index (χ2n) is 4.65. The van der Waals surface area contributed by atoms with Gasteiger partial charge in [0.15, 0.2) is 0 Å². The molecule has 0 aromatic carbocycles. The molecule has 0 spiro atoms. The van der Waals surface area contributed by atoms with Crippen LogP contribution in [0.5, 0.6) is 0 Å². The highest BCUT2D eigenvalue weighted by Gasteiger charge is 2.31. The van der Waals surface area contributed by atoms with E-state index in [0.29, 0.717) is 32.2 Å². The molecule has 1 aliphatic heterocycles. The molecule has 0 saturated carbocycles. The smallest absolute Gasteiger partial charge is 0.244 e. The van der Waals surface area contributed by atoms with Gasteiger partial charge in [-0.3, -0.25) is 9.59 Å². The highest BCUT2D eigenvalue weighted by Crippen LogP contribution is 2.09. The van der Waals surface area contributed by atoms with Crippen LogP contribution >= 0.6 is 0 Å². The normalized spacial score (nSPS) is 20.0. The average molecular weight is 257 g/mol. The van der Waals surface area contributed by atoms with E-state index in [1.807, 2.05) is 13.8 Å². The van der Waals surface area contributed by atoms with E-state index in [0.717, 1.165) is 0 Å². The second kappa shape index (κ2) is 7.33. The third-order valence-electron chi connectivity index (χ3n) is 2.89. The number of morpholine rings is 1. The Hall–Kier alpha value is -1.14. The van der Waals surface area contributed by atoms with Gasteiger partial charge in [-0.05, 0) is 0 Å². The first-order valence-electron chi connectivity index (χ1n) is 6.38. The standard InChI is InChI=1S/C12H23N3O3/c1-9(2)14-5-4-11(16)15-6-7-18-8-10(15)12(17)13-3/h9-10,14H,4-8H2,1-3H3,(H,13,17). The van der Waals surface area contributed by atoms with Crippen molar-refractivity contribution in [3.63, 3.8) is 0 Å². The van der Waals surface area contributed by atoms with E-state index < -0.39 is 6.04 Å². The van der Waals surface area contributed by atoms with E-state index in [1.54, 1.807) is 11.9 Å². The van der Waals surface area contributed by atoms with Gasteiger partial charge in [0, 0.05) is 32.6 Å². The summed E-state index contributed by atoms with van der Waals surface area (Å²) in [6.07, 6.45) is 0.408. The zero-order chi connectivity index (χ0) is 13.5. The van der Waals surface area contributed by atoms with E-state index in [-0.39, 0.29) is 18.4 Å². The fourth-order valence-electron chi connectivity index (χ4n) is 1.90. The number of nitrogens with one attached hydrogen (secondary N) is 2. The maximum atomic E-state index is 12.1. The summed E-state index contributed by atoms with van der Waals surface area (Å²) >= 11 is 0. The maximum Gasteiger partial charge on any atom is 0.244 e. The lowest BCUT2D eigenvalue weighted by molar-refractivity contribution is -0.148. The summed E-state index contributed by atoms with van der Waals surface area (Å²) in [5.74, 6) is -0.167. The van der Waals surface area contributed by atoms with Gasteiger partial charge in [-0.1, -0.05) is 13.8 Å². The number of amides is 2. The molecule has 1 atom stereocenters. The third kappa shape index (κ3) is 4.27. The molecule has 6 heteroatoms. The molecule has 2 amide bonds. The SMILES string of the molecule is CNC(=O)C1COCCN1C(=O)CCNC(C)C. The summed E-state index contributed by atoms with van der Waals surface area (Å²) in [7, 11) is 1.57. The number of hydrogen-bond donors (Lipinski definition) is 2. The van der Waals surface area contributed by atoms with Crippen molar-refractivity contribution in [1.29, 1.82) is 0 Å². The molecule has 6 nitrogen and oxygen atoms in total. The van der Waals surface area contributed by atoms with Gasteiger partial charge in [0.2, 0.25) is 11.8 Å². The maximum absolute atomic E-state index is 12.1. The molecule has 0 aromatic heterocycles. The molecular formula is C12H23N3O3. The first-order chi connectivity index (χ1) is 8.56. The van der Waals surface area contributed by atoms with Gasteiger partial charge in [0.05, 0.1) is 13.2 Å². The number of likely N-dealkylation sites (N-methyl/N-ethyl adjacent to an activating group) is 1. The molecule has 104 valence electrons. The van der Waals surface area contributed by atoms with E-state index in [1.165, 1.54) is 0 Å². The number of carbonyl (C=O) groups excluding carboxylic acids is 2.